The molecule has 0 aliphatic carbocycles. The number of hydrogen-bond acceptors (Lipinski definition) is 5. The van der Waals surface area contributed by atoms with Crippen LogP contribution in [-0.4, -0.2) is 32.8 Å². The molecule has 4 nitrogen and oxygen atoms in total. The quantitative estimate of drug-likeness (QED) is 0.888. The first kappa shape index (κ1) is 14.8. The molecule has 0 amide bonds. The van der Waals surface area contributed by atoms with E-state index in [0.717, 1.165) is 34.3 Å². The smallest absolute Gasteiger partial charge is 0.131 e. The van der Waals surface area contributed by atoms with Crippen molar-refractivity contribution in [2.45, 2.75) is 12.8 Å². The van der Waals surface area contributed by atoms with Crippen molar-refractivity contribution >= 4 is 11.3 Å². The molecule has 0 aliphatic heterocycles. The number of methoxy groups -OCH3 is 2. The molecule has 0 bridgehead atoms. The third-order valence-corrected chi connectivity index (χ3v) is 4.21. The average Bonchev–Trinajstić information content (AvgIpc) is 2.96. The monoisotopic (exact) mass is 292 g/mol. The SMILES string of the molecule is CNCC(C)c1nc(-c2ccc(OC)cc2OC)cs1. The van der Waals surface area contributed by atoms with E-state index in [1.165, 1.54) is 0 Å². The molecule has 0 aliphatic rings. The van der Waals surface area contributed by atoms with Crippen LogP contribution in [0.4, 0.5) is 0 Å². The van der Waals surface area contributed by atoms with Crippen molar-refractivity contribution in [1.82, 2.24) is 10.3 Å². The molecule has 0 saturated heterocycles. The van der Waals surface area contributed by atoms with E-state index in [0.29, 0.717) is 5.92 Å². The van der Waals surface area contributed by atoms with Crippen LogP contribution in [-0.2, 0) is 0 Å². The lowest BCUT2D eigenvalue weighted by molar-refractivity contribution is 0.395. The Morgan fingerprint density at radius 2 is 2.10 bits per heavy atom. The third-order valence-electron chi connectivity index (χ3n) is 3.14. The maximum atomic E-state index is 5.43. The second-order valence-electron chi connectivity index (χ2n) is 4.60. The van der Waals surface area contributed by atoms with Gasteiger partial charge in [-0.2, -0.15) is 0 Å². The number of nitrogens with zero attached hydrogens (tertiary/aromatic N) is 1. The Morgan fingerprint density at radius 3 is 2.75 bits per heavy atom. The summed E-state index contributed by atoms with van der Waals surface area (Å²) in [6.45, 7) is 3.09. The van der Waals surface area contributed by atoms with E-state index in [-0.39, 0.29) is 0 Å². The largest absolute Gasteiger partial charge is 0.497 e. The summed E-state index contributed by atoms with van der Waals surface area (Å²) >= 11 is 1.68. The molecule has 20 heavy (non-hydrogen) atoms. The number of thiazole rings is 1. The highest BCUT2D eigenvalue weighted by Gasteiger charge is 2.14. The van der Waals surface area contributed by atoms with E-state index in [1.54, 1.807) is 25.6 Å². The summed E-state index contributed by atoms with van der Waals surface area (Å²) in [6, 6.07) is 5.79. The van der Waals surface area contributed by atoms with Crippen LogP contribution < -0.4 is 14.8 Å². The lowest BCUT2D eigenvalue weighted by atomic mass is 10.1. The van der Waals surface area contributed by atoms with Gasteiger partial charge in [-0.15, -0.1) is 11.3 Å². The summed E-state index contributed by atoms with van der Waals surface area (Å²) in [5.74, 6) is 1.97. The normalized spacial score (nSPS) is 12.2. The fourth-order valence-electron chi connectivity index (χ4n) is 2.04. The molecular formula is C15H20N2O2S. The zero-order valence-electron chi connectivity index (χ0n) is 12.3. The Bertz CT molecular complexity index is 569. The van der Waals surface area contributed by atoms with Crippen molar-refractivity contribution in [3.8, 4) is 22.8 Å². The van der Waals surface area contributed by atoms with Crippen molar-refractivity contribution in [3.63, 3.8) is 0 Å². The minimum atomic E-state index is 0.406. The van der Waals surface area contributed by atoms with Gasteiger partial charge in [0.25, 0.3) is 0 Å². The average molecular weight is 292 g/mol. The highest BCUT2D eigenvalue weighted by Crippen LogP contribution is 2.34. The van der Waals surface area contributed by atoms with Gasteiger partial charge in [-0.25, -0.2) is 4.98 Å². The molecule has 108 valence electrons. The molecule has 2 aromatic rings. The summed E-state index contributed by atoms with van der Waals surface area (Å²) in [7, 11) is 5.27. The van der Waals surface area contributed by atoms with Gasteiger partial charge in [-0.1, -0.05) is 6.92 Å². The van der Waals surface area contributed by atoms with Gasteiger partial charge < -0.3 is 14.8 Å². The lowest BCUT2D eigenvalue weighted by Gasteiger charge is -2.09. The van der Waals surface area contributed by atoms with Crippen LogP contribution in [0.2, 0.25) is 0 Å². The van der Waals surface area contributed by atoms with Gasteiger partial charge >= 0.3 is 0 Å². The summed E-state index contributed by atoms with van der Waals surface area (Å²) in [4.78, 5) is 4.72. The van der Waals surface area contributed by atoms with Gasteiger partial charge in [-0.3, -0.25) is 0 Å². The van der Waals surface area contributed by atoms with E-state index < -0.39 is 0 Å². The Kier molecular flexibility index (Phi) is 4.98. The van der Waals surface area contributed by atoms with E-state index >= 15 is 0 Å². The topological polar surface area (TPSA) is 43.4 Å². The van der Waals surface area contributed by atoms with Gasteiger partial charge in [0.15, 0.2) is 0 Å². The Balaban J connectivity index is 2.32. The molecule has 2 rings (SSSR count). The van der Waals surface area contributed by atoms with Gasteiger partial charge in [0.2, 0.25) is 0 Å². The number of aromatic nitrogens is 1. The fraction of sp³-hybridized carbons (Fsp3) is 0.400. The predicted molar refractivity (Wildman–Crippen MR) is 83.0 cm³/mol. The van der Waals surface area contributed by atoms with Gasteiger partial charge in [0, 0.05) is 29.5 Å². The first-order valence-electron chi connectivity index (χ1n) is 6.52. The summed E-state index contributed by atoms with van der Waals surface area (Å²) in [5, 5.41) is 6.38. The Morgan fingerprint density at radius 1 is 1.30 bits per heavy atom. The van der Waals surface area contributed by atoms with Crippen molar-refractivity contribution in [1.29, 1.82) is 0 Å². The molecule has 0 fully saturated rings. The number of nitrogens with one attached hydrogen (secondary N) is 1. The van der Waals surface area contributed by atoms with Crippen molar-refractivity contribution in [2.24, 2.45) is 0 Å². The second-order valence-corrected chi connectivity index (χ2v) is 5.49. The number of hydrogen-bond donors (Lipinski definition) is 1. The minimum Gasteiger partial charge on any atom is -0.497 e. The molecule has 1 atom stereocenters. The molecule has 5 heteroatoms. The van der Waals surface area contributed by atoms with Crippen molar-refractivity contribution in [2.75, 3.05) is 27.8 Å². The number of likely N-dealkylation sites (N-methyl/N-ethyl adjacent to an activating group) is 1. The van der Waals surface area contributed by atoms with Crippen LogP contribution >= 0.6 is 11.3 Å². The fourth-order valence-corrected chi connectivity index (χ4v) is 2.92. The van der Waals surface area contributed by atoms with Crippen molar-refractivity contribution < 1.29 is 9.47 Å². The molecule has 1 N–H and O–H groups in total. The molecule has 0 radical (unpaired) electrons. The first-order chi connectivity index (χ1) is 9.69. The molecule has 0 spiro atoms. The molecule has 0 saturated carbocycles. The van der Waals surface area contributed by atoms with E-state index in [1.807, 2.05) is 25.2 Å². The van der Waals surface area contributed by atoms with E-state index in [4.69, 9.17) is 14.5 Å². The lowest BCUT2D eigenvalue weighted by Crippen LogP contribution is -2.14. The van der Waals surface area contributed by atoms with Crippen LogP contribution in [0.1, 0.15) is 17.8 Å². The number of ether oxygens (including phenoxy) is 2. The highest BCUT2D eigenvalue weighted by atomic mass is 32.1. The van der Waals surface area contributed by atoms with Gasteiger partial charge in [-0.05, 0) is 19.2 Å². The van der Waals surface area contributed by atoms with Crippen LogP contribution in [0.15, 0.2) is 23.6 Å². The summed E-state index contributed by atoms with van der Waals surface area (Å²) < 4.78 is 10.6. The van der Waals surface area contributed by atoms with Crippen LogP contribution in [0, 0.1) is 0 Å². The zero-order valence-corrected chi connectivity index (χ0v) is 13.1. The van der Waals surface area contributed by atoms with Crippen LogP contribution in [0.3, 0.4) is 0 Å². The molecular weight excluding hydrogens is 272 g/mol. The highest BCUT2D eigenvalue weighted by molar-refractivity contribution is 7.10. The molecule has 1 aromatic carbocycles. The van der Waals surface area contributed by atoms with Crippen molar-refractivity contribution in [3.05, 3.63) is 28.6 Å². The van der Waals surface area contributed by atoms with E-state index in [9.17, 15) is 0 Å². The maximum Gasteiger partial charge on any atom is 0.131 e. The van der Waals surface area contributed by atoms with Crippen LogP contribution in [0.5, 0.6) is 11.5 Å². The Hall–Kier alpha value is -1.59. The first-order valence-corrected chi connectivity index (χ1v) is 7.40. The standard InChI is InChI=1S/C15H20N2O2S/c1-10(8-16-2)15-17-13(9-20-15)12-6-5-11(18-3)7-14(12)19-4/h5-7,9-10,16H,8H2,1-4H3. The third kappa shape index (κ3) is 3.11. The summed E-state index contributed by atoms with van der Waals surface area (Å²) in [6.07, 6.45) is 0. The number of rotatable bonds is 6. The van der Waals surface area contributed by atoms with Gasteiger partial charge in [0.05, 0.1) is 24.9 Å². The van der Waals surface area contributed by atoms with E-state index in [2.05, 4.69) is 17.6 Å². The minimum absolute atomic E-state index is 0.406. The molecule has 1 aromatic heterocycles. The predicted octanol–water partition coefficient (Wildman–Crippen LogP) is 3.15. The molecule has 1 unspecified atom stereocenters. The Labute approximate surface area is 123 Å². The maximum absolute atomic E-state index is 5.43. The second kappa shape index (κ2) is 6.72. The van der Waals surface area contributed by atoms with Gasteiger partial charge in [0.1, 0.15) is 11.5 Å². The van der Waals surface area contributed by atoms with Crippen LogP contribution in [0.25, 0.3) is 11.3 Å². The zero-order chi connectivity index (χ0) is 14.5. The number of benzene rings is 1. The molecule has 1 heterocycles. The summed E-state index contributed by atoms with van der Waals surface area (Å²) in [5.41, 5.74) is 1.94.